The summed E-state index contributed by atoms with van der Waals surface area (Å²) in [6, 6.07) is 9.15. The van der Waals surface area contributed by atoms with Crippen LogP contribution >= 0.6 is 15.9 Å². The summed E-state index contributed by atoms with van der Waals surface area (Å²) in [5.41, 5.74) is 10.5. The standard InChI is InChI=1S/C16H15BrN2O3S/c1-23(20,21)22-9-11-6-10-7-12(17)8-19-16(10)15(18)14-5-3-2-4-13(11)14/h2-8,15H,9,18H2,1H3. The van der Waals surface area contributed by atoms with Crippen LogP contribution in [0.15, 0.2) is 41.0 Å². The van der Waals surface area contributed by atoms with E-state index in [0.717, 1.165) is 38.7 Å². The van der Waals surface area contributed by atoms with E-state index in [1.165, 1.54) is 0 Å². The summed E-state index contributed by atoms with van der Waals surface area (Å²) in [5, 5.41) is 0. The van der Waals surface area contributed by atoms with Gasteiger partial charge in [0.15, 0.2) is 0 Å². The molecular weight excluding hydrogens is 380 g/mol. The molecule has 1 aliphatic rings. The lowest BCUT2D eigenvalue weighted by Crippen LogP contribution is -2.15. The van der Waals surface area contributed by atoms with Crippen molar-refractivity contribution in [2.75, 3.05) is 12.9 Å². The van der Waals surface area contributed by atoms with Crippen LogP contribution in [-0.4, -0.2) is 26.3 Å². The van der Waals surface area contributed by atoms with Crippen LogP contribution in [0.2, 0.25) is 0 Å². The van der Waals surface area contributed by atoms with Crippen molar-refractivity contribution in [3.05, 3.63) is 63.4 Å². The highest BCUT2D eigenvalue weighted by molar-refractivity contribution is 9.10. The van der Waals surface area contributed by atoms with Crippen molar-refractivity contribution < 1.29 is 12.6 Å². The lowest BCUT2D eigenvalue weighted by molar-refractivity contribution is 0.368. The molecule has 1 unspecified atom stereocenters. The maximum absolute atomic E-state index is 11.3. The number of benzene rings is 1. The van der Waals surface area contributed by atoms with Crippen molar-refractivity contribution in [2.45, 2.75) is 6.04 Å². The molecule has 120 valence electrons. The number of fused-ring (bicyclic) bond motifs is 2. The Labute approximate surface area is 143 Å². The van der Waals surface area contributed by atoms with Crippen LogP contribution in [0.5, 0.6) is 0 Å². The molecule has 2 N–H and O–H groups in total. The van der Waals surface area contributed by atoms with E-state index in [1.54, 1.807) is 6.20 Å². The number of pyridine rings is 1. The Kier molecular flexibility index (Phi) is 4.37. The van der Waals surface area contributed by atoms with E-state index in [9.17, 15) is 8.42 Å². The quantitative estimate of drug-likeness (QED) is 0.809. The fourth-order valence-electron chi connectivity index (χ4n) is 2.60. The molecular formula is C16H15BrN2O3S. The minimum atomic E-state index is -3.53. The molecule has 0 saturated carbocycles. The van der Waals surface area contributed by atoms with Crippen LogP contribution in [0.4, 0.5) is 0 Å². The van der Waals surface area contributed by atoms with E-state index < -0.39 is 10.1 Å². The second-order valence-corrected chi connectivity index (χ2v) is 7.89. The zero-order valence-electron chi connectivity index (χ0n) is 12.4. The number of aromatic nitrogens is 1. The molecule has 3 rings (SSSR count). The van der Waals surface area contributed by atoms with Gasteiger partial charge in [-0.3, -0.25) is 9.17 Å². The normalized spacial score (nSPS) is 17.0. The first kappa shape index (κ1) is 16.3. The average Bonchev–Trinajstić information content (AvgIpc) is 2.60. The Morgan fingerprint density at radius 3 is 2.83 bits per heavy atom. The topological polar surface area (TPSA) is 82.3 Å². The molecule has 2 aromatic rings. The zero-order chi connectivity index (χ0) is 16.6. The highest BCUT2D eigenvalue weighted by Crippen LogP contribution is 2.35. The van der Waals surface area contributed by atoms with Crippen molar-refractivity contribution in [2.24, 2.45) is 5.73 Å². The lowest BCUT2D eigenvalue weighted by atomic mass is 9.96. The first-order valence-corrected chi connectivity index (χ1v) is 9.51. The second-order valence-electron chi connectivity index (χ2n) is 5.33. The Hall–Kier alpha value is -1.54. The summed E-state index contributed by atoms with van der Waals surface area (Å²) in [6.45, 7) is -0.0471. The van der Waals surface area contributed by atoms with Gasteiger partial charge in [0.2, 0.25) is 0 Å². The van der Waals surface area contributed by atoms with E-state index in [0.29, 0.717) is 0 Å². The summed E-state index contributed by atoms with van der Waals surface area (Å²) in [4.78, 5) is 4.43. The number of nitrogens with zero attached hydrogens (tertiary/aromatic N) is 1. The van der Waals surface area contributed by atoms with Crippen LogP contribution in [0.1, 0.15) is 28.4 Å². The molecule has 0 amide bonds. The monoisotopic (exact) mass is 394 g/mol. The molecule has 1 aromatic heterocycles. The minimum Gasteiger partial charge on any atom is -0.319 e. The number of hydrogen-bond acceptors (Lipinski definition) is 5. The van der Waals surface area contributed by atoms with Gasteiger partial charge in [-0.15, -0.1) is 0 Å². The van der Waals surface area contributed by atoms with Crippen LogP contribution < -0.4 is 5.73 Å². The van der Waals surface area contributed by atoms with Crippen molar-refractivity contribution in [3.63, 3.8) is 0 Å². The molecule has 23 heavy (non-hydrogen) atoms. The van der Waals surface area contributed by atoms with Gasteiger partial charge in [0.05, 0.1) is 24.6 Å². The molecule has 5 nitrogen and oxygen atoms in total. The molecule has 0 bridgehead atoms. The summed E-state index contributed by atoms with van der Waals surface area (Å²) in [6.07, 6.45) is 4.62. The summed E-state index contributed by atoms with van der Waals surface area (Å²) >= 11 is 3.40. The predicted octanol–water partition coefficient (Wildman–Crippen LogP) is 2.72. The van der Waals surface area contributed by atoms with Crippen molar-refractivity contribution in [1.29, 1.82) is 0 Å². The molecule has 0 spiro atoms. The maximum atomic E-state index is 11.3. The van der Waals surface area contributed by atoms with Crippen molar-refractivity contribution in [1.82, 2.24) is 4.98 Å². The summed E-state index contributed by atoms with van der Waals surface area (Å²) in [5.74, 6) is 0. The van der Waals surface area contributed by atoms with Crippen molar-refractivity contribution >= 4 is 37.7 Å². The predicted molar refractivity (Wildman–Crippen MR) is 93.1 cm³/mol. The molecule has 1 aliphatic carbocycles. The number of rotatable bonds is 3. The number of halogens is 1. The first-order chi connectivity index (χ1) is 10.8. The summed E-state index contributed by atoms with van der Waals surface area (Å²) < 4.78 is 28.5. The highest BCUT2D eigenvalue weighted by Gasteiger charge is 2.23. The van der Waals surface area contributed by atoms with Crippen LogP contribution in [0.25, 0.3) is 11.6 Å². The van der Waals surface area contributed by atoms with E-state index >= 15 is 0 Å². The van der Waals surface area contributed by atoms with Gasteiger partial charge in [-0.05, 0) is 50.3 Å². The van der Waals surface area contributed by atoms with E-state index in [1.807, 2.05) is 36.4 Å². The Balaban J connectivity index is 2.17. The van der Waals surface area contributed by atoms with E-state index in [4.69, 9.17) is 9.92 Å². The molecule has 1 aromatic carbocycles. The van der Waals surface area contributed by atoms with Gasteiger partial charge in [-0.1, -0.05) is 24.3 Å². The molecule has 0 aliphatic heterocycles. The largest absolute Gasteiger partial charge is 0.319 e. The lowest BCUT2D eigenvalue weighted by Gasteiger charge is -2.15. The van der Waals surface area contributed by atoms with E-state index in [-0.39, 0.29) is 12.6 Å². The summed E-state index contributed by atoms with van der Waals surface area (Å²) in [7, 11) is -3.53. The molecule has 1 atom stereocenters. The highest BCUT2D eigenvalue weighted by atomic mass is 79.9. The third kappa shape index (κ3) is 3.53. The fourth-order valence-corrected chi connectivity index (χ4v) is 3.29. The molecule has 0 saturated heterocycles. The van der Waals surface area contributed by atoms with Crippen molar-refractivity contribution in [3.8, 4) is 0 Å². The molecule has 0 fully saturated rings. The van der Waals surface area contributed by atoms with Gasteiger partial charge in [0, 0.05) is 10.7 Å². The third-order valence-corrected chi connectivity index (χ3v) is 4.59. The average molecular weight is 395 g/mol. The van der Waals surface area contributed by atoms with Gasteiger partial charge in [0.25, 0.3) is 10.1 Å². The van der Waals surface area contributed by atoms with Gasteiger partial charge < -0.3 is 5.73 Å². The van der Waals surface area contributed by atoms with Gasteiger partial charge in [-0.2, -0.15) is 8.42 Å². The smallest absolute Gasteiger partial charge is 0.264 e. The molecule has 1 heterocycles. The molecule has 0 radical (unpaired) electrons. The van der Waals surface area contributed by atoms with Gasteiger partial charge in [0.1, 0.15) is 0 Å². The third-order valence-electron chi connectivity index (χ3n) is 3.61. The molecule has 7 heteroatoms. The SMILES string of the molecule is CS(=O)(=O)OCC1=Cc2cc(Br)cnc2C(N)c2ccccc21. The number of hydrogen-bond donors (Lipinski definition) is 1. The maximum Gasteiger partial charge on any atom is 0.264 e. The van der Waals surface area contributed by atoms with Crippen LogP contribution in [0.3, 0.4) is 0 Å². The van der Waals surface area contributed by atoms with Crippen LogP contribution in [-0.2, 0) is 14.3 Å². The van der Waals surface area contributed by atoms with Gasteiger partial charge >= 0.3 is 0 Å². The Morgan fingerprint density at radius 1 is 1.35 bits per heavy atom. The zero-order valence-corrected chi connectivity index (χ0v) is 14.8. The van der Waals surface area contributed by atoms with Crippen LogP contribution in [0, 0.1) is 0 Å². The fraction of sp³-hybridized carbons (Fsp3) is 0.188. The van der Waals surface area contributed by atoms with E-state index in [2.05, 4.69) is 20.9 Å². The second kappa shape index (κ2) is 6.16. The Morgan fingerprint density at radius 2 is 2.09 bits per heavy atom. The van der Waals surface area contributed by atoms with Gasteiger partial charge in [-0.25, -0.2) is 0 Å². The Bertz CT molecular complexity index is 894. The first-order valence-electron chi connectivity index (χ1n) is 6.90. The number of nitrogens with two attached hydrogens (primary N) is 1. The minimum absolute atomic E-state index is 0.0471.